The number of hydrogen-bond donors (Lipinski definition) is 1. The maximum atomic E-state index is 12.5. The van der Waals surface area contributed by atoms with E-state index in [4.69, 9.17) is 14.2 Å². The van der Waals surface area contributed by atoms with Gasteiger partial charge in [0, 0.05) is 11.6 Å². The van der Waals surface area contributed by atoms with Gasteiger partial charge < -0.3 is 19.5 Å². The van der Waals surface area contributed by atoms with Gasteiger partial charge >= 0.3 is 5.97 Å². The van der Waals surface area contributed by atoms with Crippen LogP contribution < -0.4 is 14.8 Å². The lowest BCUT2D eigenvalue weighted by molar-refractivity contribution is -0.158. The van der Waals surface area contributed by atoms with Crippen molar-refractivity contribution in [1.29, 1.82) is 0 Å². The van der Waals surface area contributed by atoms with Crippen molar-refractivity contribution < 1.29 is 23.8 Å². The van der Waals surface area contributed by atoms with Gasteiger partial charge in [-0.2, -0.15) is 0 Å². The average molecular weight is 383 g/mol. The van der Waals surface area contributed by atoms with Crippen LogP contribution in [-0.2, 0) is 14.3 Å². The van der Waals surface area contributed by atoms with Crippen LogP contribution in [0.2, 0.25) is 0 Å². The molecule has 6 heteroatoms. The first-order valence-electron chi connectivity index (χ1n) is 9.56. The molecule has 3 rings (SSSR count). The fourth-order valence-corrected chi connectivity index (χ4v) is 2.61. The van der Waals surface area contributed by atoms with Gasteiger partial charge in [0.15, 0.2) is 18.1 Å². The van der Waals surface area contributed by atoms with Crippen LogP contribution in [0, 0.1) is 0 Å². The van der Waals surface area contributed by atoms with E-state index < -0.39 is 12.1 Å². The van der Waals surface area contributed by atoms with Crippen molar-refractivity contribution in [3.63, 3.8) is 0 Å². The summed E-state index contributed by atoms with van der Waals surface area (Å²) in [7, 11) is 0. The maximum absolute atomic E-state index is 12.5. The summed E-state index contributed by atoms with van der Waals surface area (Å²) in [5.74, 6) is 0.105. The topological polar surface area (TPSA) is 73.9 Å². The predicted molar refractivity (Wildman–Crippen MR) is 104 cm³/mol. The third-order valence-electron chi connectivity index (χ3n) is 4.17. The van der Waals surface area contributed by atoms with Gasteiger partial charge in [0.25, 0.3) is 5.91 Å². The number of ether oxygens (including phenoxy) is 3. The Balaban J connectivity index is 1.61. The predicted octanol–water partition coefficient (Wildman–Crippen LogP) is 3.42. The number of amides is 1. The molecule has 0 heterocycles. The first kappa shape index (κ1) is 19.7. The van der Waals surface area contributed by atoms with Gasteiger partial charge in [-0.25, -0.2) is 4.79 Å². The summed E-state index contributed by atoms with van der Waals surface area (Å²) in [6.07, 6.45) is 1.78. The molecule has 1 amide bonds. The highest BCUT2D eigenvalue weighted by Gasteiger charge is 2.30. The van der Waals surface area contributed by atoms with Gasteiger partial charge in [-0.3, -0.25) is 4.79 Å². The maximum Gasteiger partial charge on any atom is 0.345 e. The summed E-state index contributed by atoms with van der Waals surface area (Å²) < 4.78 is 16.6. The minimum Gasteiger partial charge on any atom is -0.490 e. The molecule has 0 bridgehead atoms. The smallest absolute Gasteiger partial charge is 0.345 e. The van der Waals surface area contributed by atoms with Crippen LogP contribution in [-0.4, -0.2) is 31.1 Å². The highest BCUT2D eigenvalue weighted by molar-refractivity contribution is 5.85. The lowest BCUT2D eigenvalue weighted by Gasteiger charge is -2.18. The molecule has 1 N–H and O–H groups in total. The van der Waals surface area contributed by atoms with Crippen molar-refractivity contribution in [3.05, 3.63) is 60.2 Å². The van der Waals surface area contributed by atoms with Crippen molar-refractivity contribution in [1.82, 2.24) is 5.32 Å². The molecule has 0 saturated heterocycles. The van der Waals surface area contributed by atoms with Crippen LogP contribution in [0.4, 0.5) is 0 Å². The number of carbonyl (C=O) groups excluding carboxylic acids is 2. The van der Waals surface area contributed by atoms with Crippen LogP contribution in [0.3, 0.4) is 0 Å². The molecule has 2 aromatic carbocycles. The summed E-state index contributed by atoms with van der Waals surface area (Å²) in [5, 5.41) is 2.89. The first-order chi connectivity index (χ1) is 13.7. The molecule has 0 aromatic heterocycles. The summed E-state index contributed by atoms with van der Waals surface area (Å²) in [6.45, 7) is 2.26. The van der Waals surface area contributed by atoms with E-state index in [1.165, 1.54) is 0 Å². The van der Waals surface area contributed by atoms with Crippen LogP contribution in [0.15, 0.2) is 54.6 Å². The Morgan fingerprint density at radius 2 is 1.64 bits per heavy atom. The number of esters is 1. The van der Waals surface area contributed by atoms with E-state index in [0.29, 0.717) is 23.7 Å². The van der Waals surface area contributed by atoms with E-state index >= 15 is 0 Å². The Hall–Kier alpha value is -3.02. The molecule has 148 valence electrons. The Kier molecular flexibility index (Phi) is 6.89. The lowest BCUT2D eigenvalue weighted by Crippen LogP contribution is -2.34. The standard InChI is InChI=1S/C22H25NO5/c1-2-14-26-18-10-6-7-11-19(18)27-15-20(24)28-21(16-8-4-3-5-9-16)22(25)23-17-12-13-17/h3-11,17,21H,2,12-15H2,1H3,(H,23,25)/t21-/m0/s1. The van der Waals surface area contributed by atoms with Crippen LogP contribution in [0.5, 0.6) is 11.5 Å². The summed E-state index contributed by atoms with van der Waals surface area (Å²) >= 11 is 0. The van der Waals surface area contributed by atoms with Gasteiger partial charge in [-0.1, -0.05) is 49.4 Å². The zero-order valence-electron chi connectivity index (χ0n) is 15.9. The quantitative estimate of drug-likeness (QED) is 0.637. The molecule has 1 saturated carbocycles. The summed E-state index contributed by atoms with van der Waals surface area (Å²) in [6, 6.07) is 16.3. The fraction of sp³-hybridized carbons (Fsp3) is 0.364. The highest BCUT2D eigenvalue weighted by Crippen LogP contribution is 2.27. The zero-order valence-corrected chi connectivity index (χ0v) is 15.9. The largest absolute Gasteiger partial charge is 0.490 e. The van der Waals surface area contributed by atoms with E-state index in [1.54, 1.807) is 42.5 Å². The fourth-order valence-electron chi connectivity index (χ4n) is 2.61. The minimum atomic E-state index is -0.996. The van der Waals surface area contributed by atoms with Crippen molar-refractivity contribution in [2.24, 2.45) is 0 Å². The molecule has 2 aromatic rings. The van der Waals surface area contributed by atoms with Crippen molar-refractivity contribution in [2.45, 2.75) is 38.3 Å². The second-order valence-corrected chi connectivity index (χ2v) is 6.65. The minimum absolute atomic E-state index is 0.177. The number of benzene rings is 2. The Morgan fingerprint density at radius 1 is 1.00 bits per heavy atom. The molecule has 0 aliphatic heterocycles. The van der Waals surface area contributed by atoms with E-state index in [2.05, 4.69) is 5.32 Å². The van der Waals surface area contributed by atoms with E-state index in [-0.39, 0.29) is 18.6 Å². The monoisotopic (exact) mass is 383 g/mol. The van der Waals surface area contributed by atoms with E-state index in [0.717, 1.165) is 19.3 Å². The van der Waals surface area contributed by atoms with Gasteiger partial charge in [-0.05, 0) is 31.4 Å². The third-order valence-corrected chi connectivity index (χ3v) is 4.17. The second kappa shape index (κ2) is 9.78. The lowest BCUT2D eigenvalue weighted by atomic mass is 10.1. The summed E-state index contributed by atoms with van der Waals surface area (Å²) in [5.41, 5.74) is 0.626. The summed E-state index contributed by atoms with van der Waals surface area (Å²) in [4.78, 5) is 24.9. The Bertz CT molecular complexity index is 789. The molecule has 1 aliphatic rings. The number of nitrogens with one attached hydrogen (secondary N) is 1. The van der Waals surface area contributed by atoms with Crippen LogP contribution in [0.25, 0.3) is 0 Å². The molecule has 0 spiro atoms. The van der Waals surface area contributed by atoms with Crippen LogP contribution >= 0.6 is 0 Å². The SMILES string of the molecule is CCCOc1ccccc1OCC(=O)O[C@H](C(=O)NC1CC1)c1ccccc1. The number of hydrogen-bond acceptors (Lipinski definition) is 5. The highest BCUT2D eigenvalue weighted by atomic mass is 16.6. The molecule has 1 fully saturated rings. The van der Waals surface area contributed by atoms with Gasteiger partial charge in [0.2, 0.25) is 6.10 Å². The molecule has 6 nitrogen and oxygen atoms in total. The Labute approximate surface area is 164 Å². The Morgan fingerprint density at radius 3 is 2.29 bits per heavy atom. The molecule has 0 radical (unpaired) electrons. The molecular formula is C22H25NO5. The van der Waals surface area contributed by atoms with Gasteiger partial charge in [0.1, 0.15) is 0 Å². The molecular weight excluding hydrogens is 358 g/mol. The molecule has 0 unspecified atom stereocenters. The third kappa shape index (κ3) is 5.74. The van der Waals surface area contributed by atoms with Gasteiger partial charge in [-0.15, -0.1) is 0 Å². The molecule has 1 aliphatic carbocycles. The van der Waals surface area contributed by atoms with Crippen molar-refractivity contribution in [2.75, 3.05) is 13.2 Å². The first-order valence-corrected chi connectivity index (χ1v) is 9.56. The van der Waals surface area contributed by atoms with Crippen molar-refractivity contribution in [3.8, 4) is 11.5 Å². The average Bonchev–Trinajstić information content (AvgIpc) is 3.54. The second-order valence-electron chi connectivity index (χ2n) is 6.65. The van der Waals surface area contributed by atoms with Gasteiger partial charge in [0.05, 0.1) is 6.61 Å². The number of rotatable bonds is 10. The van der Waals surface area contributed by atoms with Crippen molar-refractivity contribution >= 4 is 11.9 Å². The normalized spacial score (nSPS) is 14.0. The number of para-hydroxylation sites is 2. The zero-order chi connectivity index (χ0) is 19.8. The molecule has 1 atom stereocenters. The van der Waals surface area contributed by atoms with E-state index in [9.17, 15) is 9.59 Å². The molecule has 28 heavy (non-hydrogen) atoms. The van der Waals surface area contributed by atoms with Crippen LogP contribution in [0.1, 0.15) is 37.9 Å². The number of carbonyl (C=O) groups is 2. The van der Waals surface area contributed by atoms with E-state index in [1.807, 2.05) is 19.1 Å².